The Morgan fingerprint density at radius 3 is 2.40 bits per heavy atom. The molecule has 0 aliphatic carbocycles. The summed E-state index contributed by atoms with van der Waals surface area (Å²) in [6.45, 7) is 9.15. The van der Waals surface area contributed by atoms with Crippen LogP contribution in [0.15, 0.2) is 18.2 Å². The summed E-state index contributed by atoms with van der Waals surface area (Å²) in [6.07, 6.45) is 0.0112. The van der Waals surface area contributed by atoms with Crippen molar-refractivity contribution >= 4 is 17.8 Å². The van der Waals surface area contributed by atoms with Gasteiger partial charge in [0.2, 0.25) is 5.78 Å². The van der Waals surface area contributed by atoms with Crippen LogP contribution in [0.1, 0.15) is 55.1 Å². The molecular weight excluding hydrogens is 322 g/mol. The van der Waals surface area contributed by atoms with Gasteiger partial charge in [-0.05, 0) is 46.6 Å². The van der Waals surface area contributed by atoms with Crippen molar-refractivity contribution in [2.24, 2.45) is 0 Å². The smallest absolute Gasteiger partial charge is 0.407 e. The number of benzene rings is 1. The predicted octanol–water partition coefficient (Wildman–Crippen LogP) is 3.33. The van der Waals surface area contributed by atoms with E-state index in [1.165, 1.54) is 0 Å². The van der Waals surface area contributed by atoms with Gasteiger partial charge >= 0.3 is 12.1 Å². The van der Waals surface area contributed by atoms with Crippen LogP contribution in [0.3, 0.4) is 0 Å². The van der Waals surface area contributed by atoms with E-state index in [0.29, 0.717) is 18.5 Å². The third-order valence-electron chi connectivity index (χ3n) is 3.27. The van der Waals surface area contributed by atoms with Crippen LogP contribution in [-0.4, -0.2) is 36.6 Å². The number of ether oxygens (including phenoxy) is 2. The molecule has 1 N–H and O–H groups in total. The third kappa shape index (κ3) is 8.33. The average molecular weight is 349 g/mol. The fourth-order valence-electron chi connectivity index (χ4n) is 2.16. The number of carbonyl (C=O) groups excluding carboxylic acids is 3. The molecule has 1 rings (SSSR count). The number of alkyl carbamates (subject to hydrolysis) is 1. The number of aryl methyl sites for hydroxylation is 2. The fourth-order valence-corrected chi connectivity index (χ4v) is 2.16. The summed E-state index contributed by atoms with van der Waals surface area (Å²) in [5, 5.41) is 2.56. The molecule has 0 atom stereocenters. The lowest BCUT2D eigenvalue weighted by Gasteiger charge is -2.19. The van der Waals surface area contributed by atoms with E-state index in [1.54, 1.807) is 26.8 Å². The monoisotopic (exact) mass is 349 g/mol. The number of hydrogen-bond donors (Lipinski definition) is 1. The molecule has 0 bridgehead atoms. The highest BCUT2D eigenvalue weighted by atomic mass is 16.6. The molecule has 6 heteroatoms. The van der Waals surface area contributed by atoms with Crippen LogP contribution in [0, 0.1) is 13.8 Å². The van der Waals surface area contributed by atoms with Crippen LogP contribution in [0.5, 0.6) is 0 Å². The zero-order valence-electron chi connectivity index (χ0n) is 15.6. The Bertz CT molecular complexity index is 631. The number of esters is 1. The number of nitrogens with one attached hydrogen (secondary N) is 1. The van der Waals surface area contributed by atoms with Gasteiger partial charge in [-0.15, -0.1) is 0 Å². The van der Waals surface area contributed by atoms with Crippen molar-refractivity contribution in [2.75, 3.05) is 13.2 Å². The van der Waals surface area contributed by atoms with Gasteiger partial charge in [-0.25, -0.2) is 4.79 Å². The van der Waals surface area contributed by atoms with Gasteiger partial charge in [-0.1, -0.05) is 23.8 Å². The minimum Gasteiger partial charge on any atom is -0.457 e. The van der Waals surface area contributed by atoms with E-state index < -0.39 is 17.7 Å². The van der Waals surface area contributed by atoms with Gasteiger partial charge in [0.25, 0.3) is 0 Å². The molecule has 1 amide bonds. The highest BCUT2D eigenvalue weighted by Gasteiger charge is 2.16. The molecule has 6 nitrogen and oxygen atoms in total. The first-order chi connectivity index (χ1) is 11.6. The van der Waals surface area contributed by atoms with Gasteiger partial charge in [0.05, 0.1) is 0 Å². The van der Waals surface area contributed by atoms with E-state index in [4.69, 9.17) is 9.47 Å². The van der Waals surface area contributed by atoms with E-state index >= 15 is 0 Å². The van der Waals surface area contributed by atoms with Gasteiger partial charge < -0.3 is 14.8 Å². The maximum Gasteiger partial charge on any atom is 0.407 e. The lowest BCUT2D eigenvalue weighted by molar-refractivity contribution is -0.142. The van der Waals surface area contributed by atoms with Crippen molar-refractivity contribution in [1.82, 2.24) is 5.32 Å². The maximum atomic E-state index is 12.1. The van der Waals surface area contributed by atoms with E-state index in [9.17, 15) is 14.4 Å². The molecule has 0 aromatic heterocycles. The second-order valence-electron chi connectivity index (χ2n) is 6.93. The number of ketones is 1. The van der Waals surface area contributed by atoms with Crippen molar-refractivity contribution in [2.45, 2.75) is 53.1 Å². The normalized spacial score (nSPS) is 10.9. The summed E-state index contributed by atoms with van der Waals surface area (Å²) >= 11 is 0. The zero-order valence-corrected chi connectivity index (χ0v) is 15.6. The van der Waals surface area contributed by atoms with Crippen LogP contribution in [0.4, 0.5) is 4.79 Å². The second kappa shape index (κ2) is 9.20. The molecule has 0 aliphatic rings. The molecule has 1 aromatic rings. The molecule has 0 saturated carbocycles. The lowest BCUT2D eigenvalue weighted by Crippen LogP contribution is -2.33. The van der Waals surface area contributed by atoms with E-state index in [0.717, 1.165) is 11.1 Å². The van der Waals surface area contributed by atoms with Gasteiger partial charge in [-0.2, -0.15) is 0 Å². The van der Waals surface area contributed by atoms with E-state index in [-0.39, 0.29) is 18.8 Å². The van der Waals surface area contributed by atoms with Gasteiger partial charge in [0, 0.05) is 18.5 Å². The Balaban J connectivity index is 2.27. The predicted molar refractivity (Wildman–Crippen MR) is 94.7 cm³/mol. The lowest BCUT2D eigenvalue weighted by atomic mass is 10.0. The van der Waals surface area contributed by atoms with Crippen molar-refractivity contribution in [1.29, 1.82) is 0 Å². The molecule has 0 unspecified atom stereocenters. The quantitative estimate of drug-likeness (QED) is 0.464. The van der Waals surface area contributed by atoms with Crippen LogP contribution in [0.25, 0.3) is 0 Å². The first-order valence-corrected chi connectivity index (χ1v) is 8.31. The molecule has 1 aromatic carbocycles. The molecule has 0 heterocycles. The van der Waals surface area contributed by atoms with Gasteiger partial charge in [0.15, 0.2) is 6.61 Å². The highest BCUT2D eigenvalue weighted by molar-refractivity contribution is 5.99. The van der Waals surface area contributed by atoms with E-state index in [1.807, 2.05) is 26.0 Å². The van der Waals surface area contributed by atoms with Crippen molar-refractivity contribution in [3.63, 3.8) is 0 Å². The Morgan fingerprint density at radius 1 is 1.12 bits per heavy atom. The van der Waals surface area contributed by atoms with Crippen LogP contribution in [0.2, 0.25) is 0 Å². The summed E-state index contributed by atoms with van der Waals surface area (Å²) in [5.74, 6) is -0.693. The molecule has 0 fully saturated rings. The average Bonchev–Trinajstić information content (AvgIpc) is 2.47. The minimum absolute atomic E-state index is 0.121. The Labute approximate surface area is 148 Å². The number of hydrogen-bond acceptors (Lipinski definition) is 5. The molecule has 0 aliphatic heterocycles. The third-order valence-corrected chi connectivity index (χ3v) is 3.27. The summed E-state index contributed by atoms with van der Waals surface area (Å²) in [7, 11) is 0. The zero-order chi connectivity index (χ0) is 19.0. The van der Waals surface area contributed by atoms with Gasteiger partial charge in [-0.3, -0.25) is 9.59 Å². The largest absolute Gasteiger partial charge is 0.457 e. The number of carbonyl (C=O) groups is 3. The minimum atomic E-state index is -0.558. The van der Waals surface area contributed by atoms with Crippen molar-refractivity contribution in [3.8, 4) is 0 Å². The van der Waals surface area contributed by atoms with Crippen molar-refractivity contribution < 1.29 is 23.9 Å². The second-order valence-corrected chi connectivity index (χ2v) is 6.93. The molecule has 138 valence electrons. The Hall–Kier alpha value is -2.37. The molecule has 0 spiro atoms. The summed E-state index contributed by atoms with van der Waals surface area (Å²) in [6, 6.07) is 5.51. The fraction of sp³-hybridized carbons (Fsp3) is 0.526. The number of amides is 1. The SMILES string of the molecule is Cc1ccc(C(=O)COC(=O)CCCNC(=O)OC(C)(C)C)c(C)c1. The maximum absolute atomic E-state index is 12.1. The first-order valence-electron chi connectivity index (χ1n) is 8.31. The number of rotatable bonds is 7. The Kier molecular flexibility index (Phi) is 7.61. The van der Waals surface area contributed by atoms with Crippen LogP contribution in [-0.2, 0) is 14.3 Å². The first kappa shape index (κ1) is 20.7. The van der Waals surface area contributed by atoms with Crippen LogP contribution < -0.4 is 5.32 Å². The summed E-state index contributed by atoms with van der Waals surface area (Å²) in [5.41, 5.74) is 1.94. The van der Waals surface area contributed by atoms with Crippen molar-refractivity contribution in [3.05, 3.63) is 34.9 Å². The molecular formula is C19H27NO5. The standard InChI is InChI=1S/C19H27NO5/c1-13-8-9-15(14(2)11-13)16(21)12-24-17(22)7-6-10-20-18(23)25-19(3,4)5/h8-9,11H,6-7,10,12H2,1-5H3,(H,20,23). The topological polar surface area (TPSA) is 81.7 Å². The summed E-state index contributed by atoms with van der Waals surface area (Å²) in [4.78, 5) is 35.2. The molecule has 0 saturated heterocycles. The Morgan fingerprint density at radius 2 is 1.80 bits per heavy atom. The molecule has 0 radical (unpaired) electrons. The summed E-state index contributed by atoms with van der Waals surface area (Å²) < 4.78 is 10.1. The highest BCUT2D eigenvalue weighted by Crippen LogP contribution is 2.11. The molecule has 25 heavy (non-hydrogen) atoms. The number of Topliss-reactive ketones (excluding diaryl/α,β-unsaturated/α-hetero) is 1. The van der Waals surface area contributed by atoms with Crippen LogP contribution >= 0.6 is 0 Å². The van der Waals surface area contributed by atoms with E-state index in [2.05, 4.69) is 5.32 Å². The van der Waals surface area contributed by atoms with Gasteiger partial charge in [0.1, 0.15) is 5.60 Å².